The first-order valence-corrected chi connectivity index (χ1v) is 6.35. The Kier molecular flexibility index (Phi) is 5.44. The fraction of sp³-hybridized carbons (Fsp3) is 0.417. The molecule has 1 saturated carbocycles. The Labute approximate surface area is 121 Å². The monoisotopic (exact) mass is 334 g/mol. The molecule has 1 aliphatic rings. The summed E-state index contributed by atoms with van der Waals surface area (Å²) in [6.07, 6.45) is 1.57. The largest absolute Gasteiger partial charge is 0.492 e. The molecule has 6 heteroatoms. The number of amides is 1. The van der Waals surface area contributed by atoms with Crippen LogP contribution in [0.25, 0.3) is 0 Å². The molecule has 100 valence electrons. The zero-order valence-electron chi connectivity index (χ0n) is 9.82. The van der Waals surface area contributed by atoms with Crippen LogP contribution in [0.5, 0.6) is 5.75 Å². The Morgan fingerprint density at radius 3 is 2.56 bits per heavy atom. The van der Waals surface area contributed by atoms with Crippen molar-refractivity contribution in [1.82, 2.24) is 5.32 Å². The van der Waals surface area contributed by atoms with Crippen LogP contribution in [0, 0.1) is 0 Å². The number of nitrogens with two attached hydrogens (primary N) is 1. The lowest BCUT2D eigenvalue weighted by Gasteiger charge is -2.10. The van der Waals surface area contributed by atoms with Gasteiger partial charge in [0.25, 0.3) is 0 Å². The number of ether oxygens (including phenoxy) is 1. The Hall–Kier alpha value is -0.780. The van der Waals surface area contributed by atoms with E-state index in [0.29, 0.717) is 13.2 Å². The summed E-state index contributed by atoms with van der Waals surface area (Å²) in [5.41, 5.74) is 5.14. The minimum atomic E-state index is -0.600. The Morgan fingerprint density at radius 2 is 2.00 bits per heavy atom. The molecule has 0 unspecified atom stereocenters. The van der Waals surface area contributed by atoms with Gasteiger partial charge < -0.3 is 15.8 Å². The van der Waals surface area contributed by atoms with Gasteiger partial charge >= 0.3 is 0 Å². The van der Waals surface area contributed by atoms with Gasteiger partial charge in [0.2, 0.25) is 5.91 Å². The summed E-state index contributed by atoms with van der Waals surface area (Å²) in [5, 5.41) is 2.77. The van der Waals surface area contributed by atoms with E-state index >= 15 is 0 Å². The van der Waals surface area contributed by atoms with Crippen molar-refractivity contribution in [3.63, 3.8) is 0 Å². The third-order valence-corrected chi connectivity index (χ3v) is 3.24. The average Bonchev–Trinajstić information content (AvgIpc) is 3.06. The van der Waals surface area contributed by atoms with Gasteiger partial charge in [0.15, 0.2) is 0 Å². The van der Waals surface area contributed by atoms with Crippen LogP contribution in [0.2, 0.25) is 0 Å². The molecule has 0 aliphatic heterocycles. The number of rotatable bonds is 5. The van der Waals surface area contributed by atoms with E-state index in [1.807, 2.05) is 24.3 Å². The van der Waals surface area contributed by atoms with Crippen molar-refractivity contribution in [2.24, 2.45) is 5.73 Å². The van der Waals surface area contributed by atoms with Gasteiger partial charge in [-0.3, -0.25) is 4.79 Å². The van der Waals surface area contributed by atoms with E-state index in [9.17, 15) is 4.79 Å². The maximum Gasteiger partial charge on any atom is 0.240 e. The van der Waals surface area contributed by atoms with Gasteiger partial charge in [0, 0.05) is 4.47 Å². The third-order valence-electron chi connectivity index (χ3n) is 2.71. The number of halogens is 2. The summed E-state index contributed by atoms with van der Waals surface area (Å²) in [6.45, 7) is 0.928. The molecule has 0 bridgehead atoms. The fourth-order valence-corrected chi connectivity index (χ4v) is 1.67. The van der Waals surface area contributed by atoms with Crippen LogP contribution in [-0.4, -0.2) is 24.6 Å². The molecular weight excluding hydrogens is 320 g/mol. The van der Waals surface area contributed by atoms with Gasteiger partial charge in [-0.2, -0.15) is 0 Å². The summed E-state index contributed by atoms with van der Waals surface area (Å²) in [6, 6.07) is 7.56. The molecule has 1 aliphatic carbocycles. The van der Waals surface area contributed by atoms with Gasteiger partial charge in [-0.05, 0) is 37.1 Å². The van der Waals surface area contributed by atoms with Crippen molar-refractivity contribution < 1.29 is 9.53 Å². The number of hydrogen-bond acceptors (Lipinski definition) is 3. The van der Waals surface area contributed by atoms with E-state index in [-0.39, 0.29) is 18.3 Å². The SMILES string of the molecule is Cl.NC1(C(=O)NCCOc2ccc(Br)cc2)CC1. The fourth-order valence-electron chi connectivity index (χ4n) is 1.40. The highest BCUT2D eigenvalue weighted by Crippen LogP contribution is 2.31. The molecule has 3 N–H and O–H groups in total. The van der Waals surface area contributed by atoms with E-state index in [4.69, 9.17) is 10.5 Å². The predicted octanol–water partition coefficient (Wildman–Crippen LogP) is 1.86. The van der Waals surface area contributed by atoms with E-state index < -0.39 is 5.54 Å². The molecule has 0 atom stereocenters. The smallest absolute Gasteiger partial charge is 0.240 e. The summed E-state index contributed by atoms with van der Waals surface area (Å²) >= 11 is 3.35. The van der Waals surface area contributed by atoms with Crippen LogP contribution in [-0.2, 0) is 4.79 Å². The molecule has 1 amide bonds. The average molecular weight is 336 g/mol. The van der Waals surface area contributed by atoms with Crippen molar-refractivity contribution in [2.45, 2.75) is 18.4 Å². The third kappa shape index (κ3) is 4.15. The van der Waals surface area contributed by atoms with Crippen molar-refractivity contribution in [2.75, 3.05) is 13.2 Å². The Morgan fingerprint density at radius 1 is 1.39 bits per heavy atom. The van der Waals surface area contributed by atoms with Gasteiger partial charge in [0.1, 0.15) is 12.4 Å². The first kappa shape index (κ1) is 15.3. The quantitative estimate of drug-likeness (QED) is 0.807. The maximum absolute atomic E-state index is 11.5. The van der Waals surface area contributed by atoms with Crippen LogP contribution in [0.4, 0.5) is 0 Å². The van der Waals surface area contributed by atoms with Crippen molar-refractivity contribution in [3.05, 3.63) is 28.7 Å². The number of carbonyl (C=O) groups excluding carboxylic acids is 1. The lowest BCUT2D eigenvalue weighted by molar-refractivity contribution is -0.123. The minimum Gasteiger partial charge on any atom is -0.492 e. The standard InChI is InChI=1S/C12H15BrN2O2.ClH/c13-9-1-3-10(4-2-9)17-8-7-15-11(16)12(14)5-6-12;/h1-4H,5-8,14H2,(H,15,16);1H. The highest BCUT2D eigenvalue weighted by Gasteiger charge is 2.45. The molecule has 1 aromatic rings. The van der Waals surface area contributed by atoms with Crippen LogP contribution in [0.15, 0.2) is 28.7 Å². The number of hydrogen-bond donors (Lipinski definition) is 2. The van der Waals surface area contributed by atoms with E-state index in [0.717, 1.165) is 23.1 Å². The van der Waals surface area contributed by atoms with Crippen LogP contribution >= 0.6 is 28.3 Å². The van der Waals surface area contributed by atoms with Crippen LogP contribution in [0.1, 0.15) is 12.8 Å². The first-order chi connectivity index (χ1) is 8.10. The van der Waals surface area contributed by atoms with Gasteiger partial charge in [-0.25, -0.2) is 0 Å². The van der Waals surface area contributed by atoms with Crippen LogP contribution < -0.4 is 15.8 Å². The summed E-state index contributed by atoms with van der Waals surface area (Å²) in [7, 11) is 0. The second-order valence-electron chi connectivity index (χ2n) is 4.21. The highest BCUT2D eigenvalue weighted by molar-refractivity contribution is 9.10. The Balaban J connectivity index is 0.00000162. The molecule has 0 heterocycles. The first-order valence-electron chi connectivity index (χ1n) is 5.56. The lowest BCUT2D eigenvalue weighted by atomic mass is 10.3. The van der Waals surface area contributed by atoms with Crippen molar-refractivity contribution in [1.29, 1.82) is 0 Å². The number of nitrogens with one attached hydrogen (secondary N) is 1. The number of benzene rings is 1. The van der Waals surface area contributed by atoms with Gasteiger partial charge in [-0.15, -0.1) is 12.4 Å². The zero-order chi connectivity index (χ0) is 12.3. The lowest BCUT2D eigenvalue weighted by Crippen LogP contribution is -2.44. The summed E-state index contributed by atoms with van der Waals surface area (Å²) in [5.74, 6) is 0.716. The molecule has 0 aromatic heterocycles. The van der Waals surface area contributed by atoms with E-state index in [1.165, 1.54) is 0 Å². The number of carbonyl (C=O) groups is 1. The normalized spacial score (nSPS) is 15.4. The van der Waals surface area contributed by atoms with Crippen molar-refractivity contribution >= 4 is 34.2 Å². The molecule has 4 nitrogen and oxygen atoms in total. The molecule has 1 aromatic carbocycles. The molecule has 0 radical (unpaired) electrons. The summed E-state index contributed by atoms with van der Waals surface area (Å²) in [4.78, 5) is 11.5. The van der Waals surface area contributed by atoms with Gasteiger partial charge in [-0.1, -0.05) is 15.9 Å². The molecule has 18 heavy (non-hydrogen) atoms. The Bertz CT molecular complexity index is 407. The predicted molar refractivity (Wildman–Crippen MR) is 76.0 cm³/mol. The zero-order valence-corrected chi connectivity index (χ0v) is 12.2. The van der Waals surface area contributed by atoms with Gasteiger partial charge in [0.05, 0.1) is 12.1 Å². The molecule has 0 saturated heterocycles. The maximum atomic E-state index is 11.5. The molecule has 0 spiro atoms. The van der Waals surface area contributed by atoms with E-state index in [1.54, 1.807) is 0 Å². The van der Waals surface area contributed by atoms with Crippen molar-refractivity contribution in [3.8, 4) is 5.75 Å². The van der Waals surface area contributed by atoms with Crippen LogP contribution in [0.3, 0.4) is 0 Å². The summed E-state index contributed by atoms with van der Waals surface area (Å²) < 4.78 is 6.48. The second kappa shape index (κ2) is 6.41. The second-order valence-corrected chi connectivity index (χ2v) is 5.13. The minimum absolute atomic E-state index is 0. The molecule has 2 rings (SSSR count). The topological polar surface area (TPSA) is 64.4 Å². The van der Waals surface area contributed by atoms with E-state index in [2.05, 4.69) is 21.2 Å². The highest BCUT2D eigenvalue weighted by atomic mass is 79.9. The molecular formula is C12H16BrClN2O2. The molecule has 1 fully saturated rings.